The quantitative estimate of drug-likeness (QED) is 0.597. The number of ether oxygens (including phenoxy) is 1. The number of rotatable bonds is 6. The van der Waals surface area contributed by atoms with Gasteiger partial charge in [-0.1, -0.05) is 36.4 Å². The van der Waals surface area contributed by atoms with Gasteiger partial charge in [0.1, 0.15) is 5.69 Å². The molecule has 0 saturated heterocycles. The minimum Gasteiger partial charge on any atom is -0.760 e. The topological polar surface area (TPSA) is 82.6 Å². The molecule has 1 aromatic carbocycles. The molecule has 0 N–H and O–H groups in total. The normalized spacial score (nSPS) is 12.1. The number of aromatic nitrogens is 1. The van der Waals surface area contributed by atoms with Gasteiger partial charge in [0.25, 0.3) is 0 Å². The summed E-state index contributed by atoms with van der Waals surface area (Å²) in [5.74, 6) is -0.528. The Bertz CT molecular complexity index is 646. The summed E-state index contributed by atoms with van der Waals surface area (Å²) in [4.78, 5) is 15.3. The van der Waals surface area contributed by atoms with Gasteiger partial charge in [-0.15, -0.1) is 0 Å². The summed E-state index contributed by atoms with van der Waals surface area (Å²) >= 11 is -2.36. The molecule has 1 atom stereocenters. The molecular formula is C15H15N2O4S-. The fourth-order valence-corrected chi connectivity index (χ4v) is 2.40. The summed E-state index contributed by atoms with van der Waals surface area (Å²) < 4.78 is 28.6. The van der Waals surface area contributed by atoms with Gasteiger partial charge in [0.05, 0.1) is 7.11 Å². The van der Waals surface area contributed by atoms with Crippen molar-refractivity contribution in [1.29, 1.82) is 0 Å². The summed E-state index contributed by atoms with van der Waals surface area (Å²) in [6.45, 7) is 0.454. The highest BCUT2D eigenvalue weighted by Crippen LogP contribution is 2.11. The third-order valence-corrected chi connectivity index (χ3v) is 3.67. The monoisotopic (exact) mass is 319 g/mol. The fraction of sp³-hybridized carbons (Fsp3) is 0.200. The molecule has 0 aliphatic carbocycles. The molecule has 1 unspecified atom stereocenters. The van der Waals surface area contributed by atoms with Crippen LogP contribution in [-0.2, 0) is 29.1 Å². The van der Waals surface area contributed by atoms with E-state index in [1.807, 2.05) is 30.3 Å². The standard InChI is InChI=1S/C15H16N2O4S/c1-21-15(18)14-8-7-13(9-16-14)11-17(22(19)20)10-12-5-3-2-4-6-12/h2-9H,10-11H2,1H3,(H,19,20)/p-1. The van der Waals surface area contributed by atoms with Gasteiger partial charge < -0.3 is 9.29 Å². The van der Waals surface area contributed by atoms with E-state index in [0.29, 0.717) is 5.56 Å². The van der Waals surface area contributed by atoms with Crippen molar-refractivity contribution >= 4 is 17.2 Å². The number of nitrogens with zero attached hydrogens (tertiary/aromatic N) is 2. The van der Waals surface area contributed by atoms with E-state index in [-0.39, 0.29) is 18.8 Å². The molecule has 2 aromatic rings. The molecule has 1 heterocycles. The van der Waals surface area contributed by atoms with Crippen molar-refractivity contribution in [3.05, 3.63) is 65.5 Å². The van der Waals surface area contributed by atoms with Crippen molar-refractivity contribution in [2.75, 3.05) is 7.11 Å². The van der Waals surface area contributed by atoms with Crippen LogP contribution in [0.2, 0.25) is 0 Å². The Hall–Kier alpha value is -2.09. The van der Waals surface area contributed by atoms with Crippen LogP contribution in [0.15, 0.2) is 48.7 Å². The number of benzene rings is 1. The van der Waals surface area contributed by atoms with Crippen molar-refractivity contribution in [3.63, 3.8) is 0 Å². The molecule has 0 bridgehead atoms. The molecule has 7 heteroatoms. The van der Waals surface area contributed by atoms with Gasteiger partial charge in [-0.05, 0) is 17.2 Å². The van der Waals surface area contributed by atoms with Crippen LogP contribution in [0.4, 0.5) is 0 Å². The highest BCUT2D eigenvalue weighted by molar-refractivity contribution is 7.76. The zero-order valence-electron chi connectivity index (χ0n) is 12.0. The first kappa shape index (κ1) is 16.3. The molecule has 22 heavy (non-hydrogen) atoms. The van der Waals surface area contributed by atoms with Crippen LogP contribution in [0.3, 0.4) is 0 Å². The lowest BCUT2D eigenvalue weighted by molar-refractivity contribution is 0.0594. The minimum absolute atomic E-state index is 0.180. The number of carbonyl (C=O) groups is 1. The van der Waals surface area contributed by atoms with Crippen molar-refractivity contribution in [1.82, 2.24) is 9.29 Å². The number of esters is 1. The van der Waals surface area contributed by atoms with E-state index >= 15 is 0 Å². The van der Waals surface area contributed by atoms with E-state index in [1.54, 1.807) is 6.07 Å². The third-order valence-electron chi connectivity index (χ3n) is 2.99. The molecule has 6 nitrogen and oxygen atoms in total. The Kier molecular flexibility index (Phi) is 5.76. The predicted molar refractivity (Wildman–Crippen MR) is 80.2 cm³/mol. The SMILES string of the molecule is COC(=O)c1ccc(CN(Cc2ccccc2)S(=O)[O-])cn1. The molecule has 0 amide bonds. The lowest BCUT2D eigenvalue weighted by atomic mass is 10.2. The summed E-state index contributed by atoms with van der Waals surface area (Å²) in [6, 6.07) is 12.5. The van der Waals surface area contributed by atoms with E-state index in [4.69, 9.17) is 0 Å². The van der Waals surface area contributed by atoms with Crippen LogP contribution in [0, 0.1) is 0 Å². The van der Waals surface area contributed by atoms with Crippen LogP contribution in [-0.4, -0.2) is 31.1 Å². The molecule has 2 rings (SSSR count). The van der Waals surface area contributed by atoms with Gasteiger partial charge in [-0.25, -0.2) is 14.1 Å². The number of hydrogen-bond donors (Lipinski definition) is 0. The predicted octanol–water partition coefficient (Wildman–Crippen LogP) is 1.66. The van der Waals surface area contributed by atoms with Crippen molar-refractivity contribution in [3.8, 4) is 0 Å². The maximum Gasteiger partial charge on any atom is 0.356 e. The number of hydrogen-bond acceptors (Lipinski definition) is 5. The van der Waals surface area contributed by atoms with Crippen molar-refractivity contribution in [2.24, 2.45) is 0 Å². The van der Waals surface area contributed by atoms with Crippen molar-refractivity contribution < 1.29 is 18.3 Å². The van der Waals surface area contributed by atoms with E-state index in [2.05, 4.69) is 9.72 Å². The Morgan fingerprint density at radius 2 is 1.86 bits per heavy atom. The summed E-state index contributed by atoms with van der Waals surface area (Å²) in [7, 11) is 1.28. The molecule has 0 radical (unpaired) electrons. The van der Waals surface area contributed by atoms with E-state index < -0.39 is 17.2 Å². The molecule has 0 aliphatic rings. The first-order valence-corrected chi connectivity index (χ1v) is 7.55. The van der Waals surface area contributed by atoms with Crippen LogP contribution >= 0.6 is 0 Å². The molecule has 0 aliphatic heterocycles. The number of methoxy groups -OCH3 is 1. The smallest absolute Gasteiger partial charge is 0.356 e. The first-order chi connectivity index (χ1) is 10.6. The zero-order chi connectivity index (χ0) is 15.9. The van der Waals surface area contributed by atoms with Crippen molar-refractivity contribution in [2.45, 2.75) is 13.1 Å². The Morgan fingerprint density at radius 1 is 1.18 bits per heavy atom. The zero-order valence-corrected chi connectivity index (χ0v) is 12.8. The van der Waals surface area contributed by atoms with Gasteiger partial charge in [0, 0.05) is 30.6 Å². The molecule has 0 fully saturated rings. The highest BCUT2D eigenvalue weighted by atomic mass is 32.2. The third kappa shape index (κ3) is 4.45. The van der Waals surface area contributed by atoms with Crippen LogP contribution in [0.5, 0.6) is 0 Å². The van der Waals surface area contributed by atoms with E-state index in [9.17, 15) is 13.6 Å². The average Bonchev–Trinajstić information content (AvgIpc) is 2.55. The van der Waals surface area contributed by atoms with E-state index in [0.717, 1.165) is 5.56 Å². The van der Waals surface area contributed by atoms with Gasteiger partial charge >= 0.3 is 5.97 Å². The Balaban J connectivity index is 2.08. The summed E-state index contributed by atoms with van der Waals surface area (Å²) in [6.07, 6.45) is 1.47. The van der Waals surface area contributed by atoms with Gasteiger partial charge in [-0.2, -0.15) is 0 Å². The average molecular weight is 319 g/mol. The minimum atomic E-state index is -2.36. The second-order valence-corrected chi connectivity index (χ2v) is 5.49. The first-order valence-electron chi connectivity index (χ1n) is 6.51. The van der Waals surface area contributed by atoms with Gasteiger partial charge in [-0.3, -0.25) is 4.21 Å². The molecule has 116 valence electrons. The number of pyridine rings is 1. The molecule has 1 aromatic heterocycles. The highest BCUT2D eigenvalue weighted by Gasteiger charge is 2.10. The van der Waals surface area contributed by atoms with E-state index in [1.165, 1.54) is 23.7 Å². The Morgan fingerprint density at radius 3 is 2.41 bits per heavy atom. The molecule has 0 spiro atoms. The maximum atomic E-state index is 11.4. The summed E-state index contributed by atoms with van der Waals surface area (Å²) in [5.41, 5.74) is 1.77. The lowest BCUT2D eigenvalue weighted by Gasteiger charge is -2.24. The molecule has 0 saturated carbocycles. The number of carbonyl (C=O) groups excluding carboxylic acids is 1. The van der Waals surface area contributed by atoms with Crippen LogP contribution in [0.1, 0.15) is 21.6 Å². The second kappa shape index (κ2) is 7.79. The van der Waals surface area contributed by atoms with Crippen LogP contribution < -0.4 is 0 Å². The lowest BCUT2D eigenvalue weighted by Crippen LogP contribution is -2.25. The Labute approximate surface area is 131 Å². The van der Waals surface area contributed by atoms with Gasteiger partial charge in [0.15, 0.2) is 0 Å². The van der Waals surface area contributed by atoms with Gasteiger partial charge in [0.2, 0.25) is 0 Å². The summed E-state index contributed by atoms with van der Waals surface area (Å²) in [5, 5.41) is 0. The molecular weight excluding hydrogens is 304 g/mol. The fourth-order valence-electron chi connectivity index (χ4n) is 1.90. The second-order valence-electron chi connectivity index (χ2n) is 4.54. The maximum absolute atomic E-state index is 11.4. The largest absolute Gasteiger partial charge is 0.760 e. The van der Waals surface area contributed by atoms with Crippen LogP contribution in [0.25, 0.3) is 0 Å².